The SMILES string of the molecule is CC1CC1(O)C1Cc2ccccc2C1. The fraction of sp³-hybridized carbons (Fsp3) is 0.538. The van der Waals surface area contributed by atoms with E-state index in [0.29, 0.717) is 11.8 Å². The van der Waals surface area contributed by atoms with Gasteiger partial charge in [-0.3, -0.25) is 0 Å². The molecular weight excluding hydrogens is 172 g/mol. The Balaban J connectivity index is 1.86. The van der Waals surface area contributed by atoms with E-state index in [1.807, 2.05) is 0 Å². The lowest BCUT2D eigenvalue weighted by Crippen LogP contribution is -2.24. The van der Waals surface area contributed by atoms with Crippen LogP contribution in [0.1, 0.15) is 24.5 Å². The maximum atomic E-state index is 10.3. The summed E-state index contributed by atoms with van der Waals surface area (Å²) in [6, 6.07) is 8.60. The van der Waals surface area contributed by atoms with Gasteiger partial charge < -0.3 is 5.11 Å². The first-order valence-corrected chi connectivity index (χ1v) is 5.49. The third-order valence-electron chi connectivity index (χ3n) is 4.08. The Morgan fingerprint density at radius 1 is 1.21 bits per heavy atom. The zero-order valence-corrected chi connectivity index (χ0v) is 8.53. The van der Waals surface area contributed by atoms with Crippen molar-refractivity contribution in [1.29, 1.82) is 0 Å². The molecule has 1 saturated carbocycles. The fourth-order valence-corrected chi connectivity index (χ4v) is 2.91. The number of aliphatic hydroxyl groups is 1. The molecule has 0 amide bonds. The van der Waals surface area contributed by atoms with E-state index in [9.17, 15) is 5.11 Å². The molecule has 0 aromatic heterocycles. The molecule has 0 radical (unpaired) electrons. The van der Waals surface area contributed by atoms with Gasteiger partial charge in [0.15, 0.2) is 0 Å². The summed E-state index contributed by atoms with van der Waals surface area (Å²) in [5.41, 5.74) is 2.56. The van der Waals surface area contributed by atoms with Crippen molar-refractivity contribution in [3.8, 4) is 0 Å². The molecule has 1 heteroatoms. The van der Waals surface area contributed by atoms with E-state index in [4.69, 9.17) is 0 Å². The van der Waals surface area contributed by atoms with Gasteiger partial charge >= 0.3 is 0 Å². The third kappa shape index (κ3) is 1.05. The van der Waals surface area contributed by atoms with Crippen LogP contribution in [0.4, 0.5) is 0 Å². The topological polar surface area (TPSA) is 20.2 Å². The van der Waals surface area contributed by atoms with Gasteiger partial charge in [-0.1, -0.05) is 31.2 Å². The van der Waals surface area contributed by atoms with E-state index < -0.39 is 0 Å². The van der Waals surface area contributed by atoms with Crippen molar-refractivity contribution in [2.45, 2.75) is 31.8 Å². The summed E-state index contributed by atoms with van der Waals surface area (Å²) in [5, 5.41) is 10.3. The molecule has 0 saturated heterocycles. The van der Waals surface area contributed by atoms with Gasteiger partial charge in [-0.15, -0.1) is 0 Å². The van der Waals surface area contributed by atoms with Crippen LogP contribution in [-0.2, 0) is 12.8 Å². The quantitative estimate of drug-likeness (QED) is 0.716. The highest BCUT2D eigenvalue weighted by Crippen LogP contribution is 2.52. The van der Waals surface area contributed by atoms with E-state index in [-0.39, 0.29) is 5.60 Å². The van der Waals surface area contributed by atoms with Crippen molar-refractivity contribution >= 4 is 0 Å². The minimum absolute atomic E-state index is 0.334. The summed E-state index contributed by atoms with van der Waals surface area (Å²) in [5.74, 6) is 0.997. The van der Waals surface area contributed by atoms with Gasteiger partial charge in [0.2, 0.25) is 0 Å². The molecule has 3 rings (SSSR count). The number of rotatable bonds is 1. The van der Waals surface area contributed by atoms with Gasteiger partial charge in [0, 0.05) is 0 Å². The zero-order chi connectivity index (χ0) is 9.76. The Bertz CT molecular complexity index is 346. The van der Waals surface area contributed by atoms with Crippen LogP contribution < -0.4 is 0 Å². The molecule has 1 N–H and O–H groups in total. The van der Waals surface area contributed by atoms with E-state index in [2.05, 4.69) is 31.2 Å². The standard InChI is InChI=1S/C13H16O/c1-9-8-13(9,14)12-6-10-4-2-3-5-11(10)7-12/h2-5,9,12,14H,6-8H2,1H3. The van der Waals surface area contributed by atoms with Crippen LogP contribution >= 0.6 is 0 Å². The first-order chi connectivity index (χ1) is 6.70. The molecule has 1 aromatic rings. The highest BCUT2D eigenvalue weighted by atomic mass is 16.3. The van der Waals surface area contributed by atoms with Gasteiger partial charge in [0.05, 0.1) is 5.60 Å². The zero-order valence-electron chi connectivity index (χ0n) is 8.53. The second kappa shape index (κ2) is 2.60. The maximum Gasteiger partial charge on any atom is 0.0712 e. The highest BCUT2D eigenvalue weighted by Gasteiger charge is 2.55. The summed E-state index contributed by atoms with van der Waals surface area (Å²) in [4.78, 5) is 0. The van der Waals surface area contributed by atoms with Crippen LogP contribution in [0.25, 0.3) is 0 Å². The Hall–Kier alpha value is -0.820. The second-order valence-corrected chi connectivity index (χ2v) is 4.97. The smallest absolute Gasteiger partial charge is 0.0712 e. The molecule has 2 aliphatic rings. The maximum absolute atomic E-state index is 10.3. The summed E-state index contributed by atoms with van der Waals surface area (Å²) in [6.45, 7) is 2.16. The van der Waals surface area contributed by atoms with Gasteiger partial charge in [-0.2, -0.15) is 0 Å². The summed E-state index contributed by atoms with van der Waals surface area (Å²) >= 11 is 0. The first-order valence-electron chi connectivity index (χ1n) is 5.49. The average Bonchev–Trinajstić information content (AvgIpc) is 2.66. The predicted molar refractivity (Wildman–Crippen MR) is 56.1 cm³/mol. The van der Waals surface area contributed by atoms with Crippen LogP contribution in [-0.4, -0.2) is 10.7 Å². The molecule has 1 nitrogen and oxygen atoms in total. The van der Waals surface area contributed by atoms with Crippen molar-refractivity contribution < 1.29 is 5.11 Å². The number of benzene rings is 1. The molecule has 2 atom stereocenters. The predicted octanol–water partition coefficient (Wildman–Crippen LogP) is 2.17. The summed E-state index contributed by atoms with van der Waals surface area (Å²) < 4.78 is 0. The minimum atomic E-state index is -0.334. The first kappa shape index (κ1) is 8.49. The fourth-order valence-electron chi connectivity index (χ4n) is 2.91. The Morgan fingerprint density at radius 3 is 2.14 bits per heavy atom. The lowest BCUT2D eigenvalue weighted by atomic mass is 9.95. The van der Waals surface area contributed by atoms with Crippen molar-refractivity contribution in [3.63, 3.8) is 0 Å². The van der Waals surface area contributed by atoms with Crippen molar-refractivity contribution in [1.82, 2.24) is 0 Å². The number of fused-ring (bicyclic) bond motifs is 1. The molecule has 2 aliphatic carbocycles. The van der Waals surface area contributed by atoms with Crippen LogP contribution in [0.3, 0.4) is 0 Å². The Kier molecular flexibility index (Phi) is 1.58. The molecule has 0 heterocycles. The Labute approximate surface area is 84.8 Å². The molecule has 74 valence electrons. The van der Waals surface area contributed by atoms with E-state index >= 15 is 0 Å². The van der Waals surface area contributed by atoms with Crippen LogP contribution in [0.5, 0.6) is 0 Å². The lowest BCUT2D eigenvalue weighted by Gasteiger charge is -2.17. The van der Waals surface area contributed by atoms with Crippen LogP contribution in [0, 0.1) is 11.8 Å². The van der Waals surface area contributed by atoms with E-state index in [1.54, 1.807) is 0 Å². The molecule has 0 aliphatic heterocycles. The minimum Gasteiger partial charge on any atom is -0.389 e. The Morgan fingerprint density at radius 2 is 1.71 bits per heavy atom. The van der Waals surface area contributed by atoms with Crippen molar-refractivity contribution in [2.24, 2.45) is 11.8 Å². The normalized spacial score (nSPS) is 35.7. The third-order valence-corrected chi connectivity index (χ3v) is 4.08. The molecule has 0 bridgehead atoms. The van der Waals surface area contributed by atoms with Crippen molar-refractivity contribution in [3.05, 3.63) is 35.4 Å². The van der Waals surface area contributed by atoms with Gasteiger partial charge in [0.25, 0.3) is 0 Å². The van der Waals surface area contributed by atoms with E-state index in [1.165, 1.54) is 11.1 Å². The summed E-state index contributed by atoms with van der Waals surface area (Å²) in [7, 11) is 0. The van der Waals surface area contributed by atoms with Crippen molar-refractivity contribution in [2.75, 3.05) is 0 Å². The molecule has 0 spiro atoms. The van der Waals surface area contributed by atoms with Gasteiger partial charge in [-0.25, -0.2) is 0 Å². The molecule has 2 unspecified atom stereocenters. The van der Waals surface area contributed by atoms with E-state index in [0.717, 1.165) is 19.3 Å². The molecule has 1 fully saturated rings. The number of hydrogen-bond acceptors (Lipinski definition) is 1. The number of hydrogen-bond donors (Lipinski definition) is 1. The van der Waals surface area contributed by atoms with Crippen LogP contribution in [0.2, 0.25) is 0 Å². The summed E-state index contributed by atoms with van der Waals surface area (Å²) in [6.07, 6.45) is 3.17. The molecular formula is C13H16O. The molecule has 14 heavy (non-hydrogen) atoms. The van der Waals surface area contributed by atoms with Gasteiger partial charge in [-0.05, 0) is 42.2 Å². The second-order valence-electron chi connectivity index (χ2n) is 4.97. The molecule has 1 aromatic carbocycles. The largest absolute Gasteiger partial charge is 0.389 e. The van der Waals surface area contributed by atoms with Gasteiger partial charge in [0.1, 0.15) is 0 Å². The highest BCUT2D eigenvalue weighted by molar-refractivity contribution is 5.34. The van der Waals surface area contributed by atoms with Crippen LogP contribution in [0.15, 0.2) is 24.3 Å². The monoisotopic (exact) mass is 188 g/mol. The lowest BCUT2D eigenvalue weighted by molar-refractivity contribution is 0.0722. The average molecular weight is 188 g/mol.